The van der Waals surface area contributed by atoms with Gasteiger partial charge in [-0.05, 0) is 19.3 Å². The van der Waals surface area contributed by atoms with Crippen molar-refractivity contribution in [3.63, 3.8) is 0 Å². The third kappa shape index (κ3) is 15.6. The van der Waals surface area contributed by atoms with Gasteiger partial charge in [0.1, 0.15) is 5.78 Å². The Balaban J connectivity index is 3.04. The van der Waals surface area contributed by atoms with E-state index in [1.807, 2.05) is 0 Å². The smallest absolute Gasteiger partial charge is 0.129 e. The molecule has 0 bridgehead atoms. The molecule has 1 atom stereocenters. The highest BCUT2D eigenvalue weighted by atomic mass is 16.1. The Morgan fingerprint density at radius 3 is 1.74 bits per heavy atom. The SMILES string of the molecule is CCCC(C)CCCCCCCCCCCC(C)=O. The molecule has 0 aliphatic rings. The summed E-state index contributed by atoms with van der Waals surface area (Å²) in [6, 6.07) is 0. The summed E-state index contributed by atoms with van der Waals surface area (Å²) in [7, 11) is 0. The number of hydrogen-bond acceptors (Lipinski definition) is 1. The van der Waals surface area contributed by atoms with Gasteiger partial charge in [-0.15, -0.1) is 0 Å². The summed E-state index contributed by atoms with van der Waals surface area (Å²) < 4.78 is 0. The van der Waals surface area contributed by atoms with E-state index in [0.717, 1.165) is 18.8 Å². The number of unbranched alkanes of at least 4 members (excludes halogenated alkanes) is 8. The lowest BCUT2D eigenvalue weighted by atomic mass is 9.98. The van der Waals surface area contributed by atoms with Crippen molar-refractivity contribution in [2.75, 3.05) is 0 Å². The third-order valence-corrected chi connectivity index (χ3v) is 4.01. The van der Waals surface area contributed by atoms with Crippen molar-refractivity contribution < 1.29 is 4.79 Å². The summed E-state index contributed by atoms with van der Waals surface area (Å²) in [6.45, 7) is 6.37. The van der Waals surface area contributed by atoms with E-state index in [9.17, 15) is 4.79 Å². The van der Waals surface area contributed by atoms with Crippen LogP contribution in [-0.4, -0.2) is 5.78 Å². The number of Topliss-reactive ketones (excluding diaryl/α,β-unsaturated/α-hetero) is 1. The molecule has 0 aromatic rings. The van der Waals surface area contributed by atoms with Crippen LogP contribution in [0.1, 0.15) is 104 Å². The van der Waals surface area contributed by atoms with Gasteiger partial charge in [-0.1, -0.05) is 84.5 Å². The van der Waals surface area contributed by atoms with Crippen LogP contribution >= 0.6 is 0 Å². The summed E-state index contributed by atoms with van der Waals surface area (Å²) >= 11 is 0. The van der Waals surface area contributed by atoms with Crippen molar-refractivity contribution in [2.24, 2.45) is 5.92 Å². The van der Waals surface area contributed by atoms with Gasteiger partial charge in [-0.25, -0.2) is 0 Å². The average Bonchev–Trinajstić information content (AvgIpc) is 2.36. The molecule has 0 aromatic carbocycles. The first-order valence-corrected chi connectivity index (χ1v) is 8.66. The van der Waals surface area contributed by atoms with Crippen LogP contribution in [0.2, 0.25) is 0 Å². The number of hydrogen-bond donors (Lipinski definition) is 0. The lowest BCUT2D eigenvalue weighted by Gasteiger charge is -2.09. The molecule has 0 fully saturated rings. The van der Waals surface area contributed by atoms with Gasteiger partial charge >= 0.3 is 0 Å². The zero-order valence-electron chi connectivity index (χ0n) is 13.7. The Bertz CT molecular complexity index is 198. The van der Waals surface area contributed by atoms with Crippen molar-refractivity contribution in [3.05, 3.63) is 0 Å². The van der Waals surface area contributed by atoms with E-state index in [2.05, 4.69) is 13.8 Å². The highest BCUT2D eigenvalue weighted by Gasteiger charge is 2.00. The molecule has 0 N–H and O–H groups in total. The molecule has 19 heavy (non-hydrogen) atoms. The zero-order valence-corrected chi connectivity index (χ0v) is 13.7. The molecule has 0 radical (unpaired) electrons. The Labute approximate surface area is 121 Å². The number of carbonyl (C=O) groups excluding carboxylic acids is 1. The number of ketones is 1. The predicted octanol–water partition coefficient (Wildman–Crippen LogP) is 6.30. The quantitative estimate of drug-likeness (QED) is 0.338. The molecular weight excluding hydrogens is 232 g/mol. The van der Waals surface area contributed by atoms with Crippen LogP contribution in [0.25, 0.3) is 0 Å². The minimum absolute atomic E-state index is 0.345. The summed E-state index contributed by atoms with van der Waals surface area (Å²) in [4.78, 5) is 10.8. The summed E-state index contributed by atoms with van der Waals surface area (Å²) in [5.74, 6) is 1.28. The maximum absolute atomic E-state index is 10.8. The molecule has 0 aliphatic carbocycles. The van der Waals surface area contributed by atoms with E-state index in [-0.39, 0.29) is 0 Å². The minimum atomic E-state index is 0.345. The van der Waals surface area contributed by atoms with Crippen molar-refractivity contribution in [2.45, 2.75) is 104 Å². The first-order chi connectivity index (χ1) is 9.16. The fraction of sp³-hybridized carbons (Fsp3) is 0.944. The van der Waals surface area contributed by atoms with E-state index in [1.165, 1.54) is 70.6 Å². The van der Waals surface area contributed by atoms with Gasteiger partial charge in [0.25, 0.3) is 0 Å². The molecule has 0 aromatic heterocycles. The van der Waals surface area contributed by atoms with Gasteiger partial charge in [0.2, 0.25) is 0 Å². The average molecular weight is 268 g/mol. The molecule has 0 rings (SSSR count). The molecule has 1 unspecified atom stereocenters. The standard InChI is InChI=1S/C18H36O/c1-4-14-17(2)15-12-10-8-6-5-7-9-11-13-16-18(3)19/h17H,4-16H2,1-3H3. The fourth-order valence-corrected chi connectivity index (χ4v) is 2.74. The van der Waals surface area contributed by atoms with Crippen LogP contribution < -0.4 is 0 Å². The van der Waals surface area contributed by atoms with E-state index in [4.69, 9.17) is 0 Å². The third-order valence-electron chi connectivity index (χ3n) is 4.01. The topological polar surface area (TPSA) is 17.1 Å². The lowest BCUT2D eigenvalue weighted by molar-refractivity contribution is -0.117. The second kappa shape index (κ2) is 14.1. The highest BCUT2D eigenvalue weighted by molar-refractivity contribution is 5.75. The van der Waals surface area contributed by atoms with Crippen LogP contribution in [0.4, 0.5) is 0 Å². The molecule has 0 amide bonds. The molecule has 0 saturated heterocycles. The van der Waals surface area contributed by atoms with Crippen molar-refractivity contribution in [1.29, 1.82) is 0 Å². The van der Waals surface area contributed by atoms with Gasteiger partial charge < -0.3 is 4.79 Å². The molecule has 0 saturated carbocycles. The van der Waals surface area contributed by atoms with Crippen molar-refractivity contribution in [1.82, 2.24) is 0 Å². The fourth-order valence-electron chi connectivity index (χ4n) is 2.74. The molecule has 114 valence electrons. The summed E-state index contributed by atoms with van der Waals surface area (Å²) in [6.07, 6.45) is 17.1. The Kier molecular flexibility index (Phi) is 13.8. The highest BCUT2D eigenvalue weighted by Crippen LogP contribution is 2.16. The lowest BCUT2D eigenvalue weighted by Crippen LogP contribution is -1.93. The van der Waals surface area contributed by atoms with Gasteiger partial charge in [0, 0.05) is 6.42 Å². The molecule has 0 heterocycles. The minimum Gasteiger partial charge on any atom is -0.300 e. The van der Waals surface area contributed by atoms with Crippen molar-refractivity contribution >= 4 is 5.78 Å². The molecule has 1 heteroatoms. The maximum atomic E-state index is 10.8. The summed E-state index contributed by atoms with van der Waals surface area (Å²) in [5.41, 5.74) is 0. The van der Waals surface area contributed by atoms with E-state index >= 15 is 0 Å². The molecular formula is C18H36O. The van der Waals surface area contributed by atoms with Gasteiger partial charge in [0.15, 0.2) is 0 Å². The Morgan fingerprint density at radius 1 is 0.789 bits per heavy atom. The van der Waals surface area contributed by atoms with Gasteiger partial charge in [-0.3, -0.25) is 0 Å². The second-order valence-corrected chi connectivity index (χ2v) is 6.32. The van der Waals surface area contributed by atoms with Crippen LogP contribution in [0.3, 0.4) is 0 Å². The first-order valence-electron chi connectivity index (χ1n) is 8.66. The van der Waals surface area contributed by atoms with Crippen LogP contribution in [0.15, 0.2) is 0 Å². The van der Waals surface area contributed by atoms with E-state index in [1.54, 1.807) is 6.92 Å². The summed E-state index contributed by atoms with van der Waals surface area (Å²) in [5, 5.41) is 0. The number of rotatable bonds is 14. The normalized spacial score (nSPS) is 12.6. The molecule has 0 aliphatic heterocycles. The maximum Gasteiger partial charge on any atom is 0.129 e. The zero-order chi connectivity index (χ0) is 14.3. The monoisotopic (exact) mass is 268 g/mol. The molecule has 0 spiro atoms. The largest absolute Gasteiger partial charge is 0.300 e. The predicted molar refractivity (Wildman–Crippen MR) is 85.5 cm³/mol. The molecule has 1 nitrogen and oxygen atoms in total. The van der Waals surface area contributed by atoms with Gasteiger partial charge in [0.05, 0.1) is 0 Å². The van der Waals surface area contributed by atoms with E-state index < -0.39 is 0 Å². The van der Waals surface area contributed by atoms with Gasteiger partial charge in [-0.2, -0.15) is 0 Å². The van der Waals surface area contributed by atoms with E-state index in [0.29, 0.717) is 5.78 Å². The Hall–Kier alpha value is -0.330. The van der Waals surface area contributed by atoms with Crippen LogP contribution in [-0.2, 0) is 4.79 Å². The Morgan fingerprint density at radius 2 is 1.26 bits per heavy atom. The first kappa shape index (κ1) is 18.7. The van der Waals surface area contributed by atoms with Crippen molar-refractivity contribution in [3.8, 4) is 0 Å². The van der Waals surface area contributed by atoms with Crippen LogP contribution in [0.5, 0.6) is 0 Å². The second-order valence-electron chi connectivity index (χ2n) is 6.32. The number of carbonyl (C=O) groups is 1. The van der Waals surface area contributed by atoms with Crippen LogP contribution in [0, 0.1) is 5.92 Å².